The minimum Gasteiger partial charge on any atom is -0.398 e. The smallest absolute Gasteiger partial charge is 0.0443 e. The van der Waals surface area contributed by atoms with Crippen molar-refractivity contribution < 1.29 is 0 Å². The largest absolute Gasteiger partial charge is 0.398 e. The van der Waals surface area contributed by atoms with E-state index in [0.29, 0.717) is 6.04 Å². The Kier molecular flexibility index (Phi) is 6.43. The molecule has 0 heterocycles. The lowest BCUT2D eigenvalue weighted by atomic mass is 10.1. The average molecular weight is 206 g/mol. The molecule has 0 saturated heterocycles. The number of para-hydroxylation sites is 1. The molecule has 0 saturated carbocycles. The minimum absolute atomic E-state index is 0.319. The van der Waals surface area contributed by atoms with Crippen LogP contribution >= 0.6 is 0 Å². The van der Waals surface area contributed by atoms with E-state index in [2.05, 4.69) is 4.99 Å². The molecule has 84 valence electrons. The molecule has 0 radical (unpaired) electrons. The van der Waals surface area contributed by atoms with Gasteiger partial charge in [-0.25, -0.2) is 0 Å². The normalized spacial score (nSPS) is 10.3. The second kappa shape index (κ2) is 7.04. The highest BCUT2D eigenvalue weighted by Crippen LogP contribution is 2.14. The van der Waals surface area contributed by atoms with E-state index < -0.39 is 0 Å². The molecule has 0 spiro atoms. The number of nitrogens with two attached hydrogens (primary N) is 1. The molecule has 1 aromatic carbocycles. The molecule has 2 nitrogen and oxygen atoms in total. The first-order valence-corrected chi connectivity index (χ1v) is 5.49. The maximum Gasteiger partial charge on any atom is 0.0443 e. The van der Waals surface area contributed by atoms with Gasteiger partial charge in [0.2, 0.25) is 0 Å². The van der Waals surface area contributed by atoms with E-state index in [-0.39, 0.29) is 0 Å². The third-order valence-electron chi connectivity index (χ3n) is 1.87. The molecule has 0 amide bonds. The van der Waals surface area contributed by atoms with E-state index in [9.17, 15) is 0 Å². The van der Waals surface area contributed by atoms with Gasteiger partial charge in [-0.15, -0.1) is 0 Å². The Morgan fingerprint density at radius 2 is 1.87 bits per heavy atom. The van der Waals surface area contributed by atoms with Gasteiger partial charge in [-0.1, -0.05) is 32.0 Å². The molecule has 2 heteroatoms. The molecule has 0 aliphatic rings. The Bertz CT molecular complexity index is 314. The van der Waals surface area contributed by atoms with E-state index >= 15 is 0 Å². The van der Waals surface area contributed by atoms with E-state index in [1.807, 2.05) is 59.0 Å². The SMILES string of the molecule is CC.Cc1cccc(C=NC(C)C)c1N. The van der Waals surface area contributed by atoms with Gasteiger partial charge in [0, 0.05) is 23.5 Å². The molecule has 0 aromatic heterocycles. The highest BCUT2D eigenvalue weighted by atomic mass is 14.7. The van der Waals surface area contributed by atoms with Crippen LogP contribution in [0.25, 0.3) is 0 Å². The van der Waals surface area contributed by atoms with Gasteiger partial charge in [-0.3, -0.25) is 4.99 Å². The summed E-state index contributed by atoms with van der Waals surface area (Å²) in [5.41, 5.74) is 8.82. The van der Waals surface area contributed by atoms with Crippen molar-refractivity contribution in [2.45, 2.75) is 40.7 Å². The molecule has 0 aliphatic carbocycles. The Morgan fingerprint density at radius 1 is 1.27 bits per heavy atom. The van der Waals surface area contributed by atoms with Crippen LogP contribution in [0.1, 0.15) is 38.8 Å². The maximum absolute atomic E-state index is 5.88. The van der Waals surface area contributed by atoms with Crippen LogP contribution in [0.2, 0.25) is 0 Å². The summed E-state index contributed by atoms with van der Waals surface area (Å²) in [6.45, 7) is 10.1. The number of rotatable bonds is 2. The summed E-state index contributed by atoms with van der Waals surface area (Å²) in [5.74, 6) is 0. The van der Waals surface area contributed by atoms with E-state index in [1.165, 1.54) is 0 Å². The van der Waals surface area contributed by atoms with Crippen LogP contribution < -0.4 is 5.73 Å². The summed E-state index contributed by atoms with van der Waals surface area (Å²) in [4.78, 5) is 4.29. The van der Waals surface area contributed by atoms with Crippen LogP contribution in [0.4, 0.5) is 5.69 Å². The van der Waals surface area contributed by atoms with Crippen LogP contribution in [-0.2, 0) is 0 Å². The molecule has 0 unspecified atom stereocenters. The Balaban J connectivity index is 0.000000921. The molecular formula is C13H22N2. The van der Waals surface area contributed by atoms with Crippen LogP contribution in [0.15, 0.2) is 23.2 Å². The quantitative estimate of drug-likeness (QED) is 0.584. The summed E-state index contributed by atoms with van der Waals surface area (Å²) in [6.07, 6.45) is 1.84. The van der Waals surface area contributed by atoms with Gasteiger partial charge in [0.15, 0.2) is 0 Å². The van der Waals surface area contributed by atoms with Crippen LogP contribution in [-0.4, -0.2) is 12.3 Å². The highest BCUT2D eigenvalue weighted by molar-refractivity contribution is 5.87. The van der Waals surface area contributed by atoms with Crippen molar-refractivity contribution in [3.63, 3.8) is 0 Å². The maximum atomic E-state index is 5.88. The van der Waals surface area contributed by atoms with Crippen molar-refractivity contribution in [2.75, 3.05) is 5.73 Å². The summed E-state index contributed by atoms with van der Waals surface area (Å²) < 4.78 is 0. The lowest BCUT2D eigenvalue weighted by molar-refractivity contribution is 0.841. The zero-order valence-electron chi connectivity index (χ0n) is 10.4. The number of nitrogen functional groups attached to an aromatic ring is 1. The molecule has 0 bridgehead atoms. The Labute approximate surface area is 93.2 Å². The Morgan fingerprint density at radius 3 is 2.40 bits per heavy atom. The van der Waals surface area contributed by atoms with Crippen molar-refractivity contribution in [1.82, 2.24) is 0 Å². The fourth-order valence-electron chi connectivity index (χ4n) is 1.05. The second-order valence-electron chi connectivity index (χ2n) is 3.45. The molecule has 0 fully saturated rings. The van der Waals surface area contributed by atoms with E-state index in [1.54, 1.807) is 0 Å². The van der Waals surface area contributed by atoms with Crippen molar-refractivity contribution in [2.24, 2.45) is 4.99 Å². The zero-order chi connectivity index (χ0) is 11.8. The number of aliphatic imine (C=N–C) groups is 1. The number of hydrogen-bond donors (Lipinski definition) is 1. The molecule has 0 aliphatic heterocycles. The van der Waals surface area contributed by atoms with Gasteiger partial charge >= 0.3 is 0 Å². The number of nitrogens with zero attached hydrogens (tertiary/aromatic N) is 1. The van der Waals surface area contributed by atoms with Gasteiger partial charge in [-0.2, -0.15) is 0 Å². The second-order valence-corrected chi connectivity index (χ2v) is 3.45. The summed E-state index contributed by atoms with van der Waals surface area (Å²) in [5, 5.41) is 0. The number of anilines is 1. The van der Waals surface area contributed by atoms with E-state index in [0.717, 1.165) is 16.8 Å². The lowest BCUT2D eigenvalue weighted by Gasteiger charge is -2.03. The number of hydrogen-bond acceptors (Lipinski definition) is 2. The van der Waals surface area contributed by atoms with Crippen molar-refractivity contribution in [3.05, 3.63) is 29.3 Å². The third kappa shape index (κ3) is 4.63. The number of aryl methyl sites for hydroxylation is 1. The summed E-state index contributed by atoms with van der Waals surface area (Å²) in [7, 11) is 0. The van der Waals surface area contributed by atoms with Crippen molar-refractivity contribution in [3.8, 4) is 0 Å². The topological polar surface area (TPSA) is 38.4 Å². The molecule has 2 N–H and O–H groups in total. The van der Waals surface area contributed by atoms with Gasteiger partial charge in [-0.05, 0) is 26.3 Å². The molecule has 0 atom stereocenters. The number of benzene rings is 1. The summed E-state index contributed by atoms with van der Waals surface area (Å²) >= 11 is 0. The third-order valence-corrected chi connectivity index (χ3v) is 1.87. The summed E-state index contributed by atoms with van der Waals surface area (Å²) in [6, 6.07) is 6.30. The van der Waals surface area contributed by atoms with Gasteiger partial charge in [0.05, 0.1) is 0 Å². The highest BCUT2D eigenvalue weighted by Gasteiger charge is 1.97. The fraction of sp³-hybridized carbons (Fsp3) is 0.462. The van der Waals surface area contributed by atoms with Crippen molar-refractivity contribution in [1.29, 1.82) is 0 Å². The van der Waals surface area contributed by atoms with Gasteiger partial charge in [0.25, 0.3) is 0 Å². The predicted octanol–water partition coefficient (Wildman–Crippen LogP) is 3.43. The fourth-order valence-corrected chi connectivity index (χ4v) is 1.05. The zero-order valence-corrected chi connectivity index (χ0v) is 10.4. The first-order valence-electron chi connectivity index (χ1n) is 5.49. The van der Waals surface area contributed by atoms with Gasteiger partial charge < -0.3 is 5.73 Å². The minimum atomic E-state index is 0.319. The van der Waals surface area contributed by atoms with Gasteiger partial charge in [0.1, 0.15) is 0 Å². The Hall–Kier alpha value is -1.31. The average Bonchev–Trinajstić information content (AvgIpc) is 2.23. The monoisotopic (exact) mass is 206 g/mol. The van der Waals surface area contributed by atoms with Crippen LogP contribution in [0.3, 0.4) is 0 Å². The lowest BCUT2D eigenvalue weighted by Crippen LogP contribution is -1.97. The standard InChI is InChI=1S/C11H16N2.C2H6/c1-8(2)13-7-10-6-4-5-9(3)11(10)12;1-2/h4-8H,12H2,1-3H3;1-2H3. The molecule has 15 heavy (non-hydrogen) atoms. The molecular weight excluding hydrogens is 184 g/mol. The first kappa shape index (κ1) is 13.7. The predicted molar refractivity (Wildman–Crippen MR) is 69.7 cm³/mol. The first-order chi connectivity index (χ1) is 7.11. The van der Waals surface area contributed by atoms with Crippen LogP contribution in [0.5, 0.6) is 0 Å². The molecule has 1 aromatic rings. The van der Waals surface area contributed by atoms with E-state index in [4.69, 9.17) is 5.73 Å². The molecule has 1 rings (SSSR count). The van der Waals surface area contributed by atoms with Crippen molar-refractivity contribution >= 4 is 11.9 Å². The van der Waals surface area contributed by atoms with Crippen LogP contribution in [0, 0.1) is 6.92 Å².